The smallest absolute Gasteiger partial charge is 0.338 e. The average molecular weight is 295 g/mol. The number of esters is 1. The first-order valence-electron chi connectivity index (χ1n) is 7.43. The molecule has 0 aliphatic heterocycles. The molecule has 0 amide bonds. The zero-order valence-electron chi connectivity index (χ0n) is 12.2. The molecule has 0 saturated carbocycles. The summed E-state index contributed by atoms with van der Waals surface area (Å²) in [5, 5.41) is 0. The first kappa shape index (κ1) is 14.4. The number of aromatic nitrogens is 1. The number of ketones is 1. The third-order valence-electron chi connectivity index (χ3n) is 3.91. The zero-order valence-corrected chi connectivity index (χ0v) is 12.2. The van der Waals surface area contributed by atoms with E-state index in [0.29, 0.717) is 17.7 Å². The van der Waals surface area contributed by atoms with Crippen molar-refractivity contribution >= 4 is 11.8 Å². The summed E-state index contributed by atoms with van der Waals surface area (Å²) in [5.41, 5.74) is 2.09. The highest BCUT2D eigenvalue weighted by molar-refractivity contribution is 5.96. The van der Waals surface area contributed by atoms with E-state index >= 15 is 0 Å². The average Bonchev–Trinajstić information content (AvgIpc) is 2.73. The molecule has 1 heterocycles. The SMILES string of the molecule is O=C(OC[C@@H]1CCc2cccnc2C(=O)C1)c1ccccc1. The lowest BCUT2D eigenvalue weighted by Crippen LogP contribution is -2.16. The van der Waals surface area contributed by atoms with E-state index in [2.05, 4.69) is 4.98 Å². The van der Waals surface area contributed by atoms with E-state index < -0.39 is 0 Å². The number of pyridine rings is 1. The molecule has 3 rings (SSSR count). The first-order chi connectivity index (χ1) is 10.7. The van der Waals surface area contributed by atoms with Crippen molar-refractivity contribution < 1.29 is 14.3 Å². The van der Waals surface area contributed by atoms with Crippen LogP contribution in [0.25, 0.3) is 0 Å². The van der Waals surface area contributed by atoms with Gasteiger partial charge in [0.1, 0.15) is 5.69 Å². The van der Waals surface area contributed by atoms with Gasteiger partial charge in [0.25, 0.3) is 0 Å². The van der Waals surface area contributed by atoms with Gasteiger partial charge in [0, 0.05) is 18.5 Å². The number of rotatable bonds is 3. The second-order valence-electron chi connectivity index (χ2n) is 5.51. The highest BCUT2D eigenvalue weighted by Gasteiger charge is 2.24. The molecule has 0 N–H and O–H groups in total. The van der Waals surface area contributed by atoms with E-state index in [4.69, 9.17) is 4.74 Å². The molecule has 1 atom stereocenters. The van der Waals surface area contributed by atoms with Crippen LogP contribution in [0.3, 0.4) is 0 Å². The molecule has 112 valence electrons. The molecule has 1 aromatic carbocycles. The molecule has 1 aromatic heterocycles. The van der Waals surface area contributed by atoms with Crippen LogP contribution in [0.5, 0.6) is 0 Å². The molecule has 1 aliphatic rings. The number of benzene rings is 1. The number of hydrogen-bond acceptors (Lipinski definition) is 4. The predicted molar refractivity (Wildman–Crippen MR) is 81.7 cm³/mol. The van der Waals surface area contributed by atoms with E-state index in [1.165, 1.54) is 0 Å². The van der Waals surface area contributed by atoms with Crippen LogP contribution in [0.4, 0.5) is 0 Å². The summed E-state index contributed by atoms with van der Waals surface area (Å²) in [6.07, 6.45) is 3.65. The van der Waals surface area contributed by atoms with Crippen molar-refractivity contribution in [1.82, 2.24) is 4.98 Å². The third kappa shape index (κ3) is 3.22. The fourth-order valence-corrected chi connectivity index (χ4v) is 2.71. The molecule has 4 heteroatoms. The Labute approximate surface area is 129 Å². The van der Waals surface area contributed by atoms with Gasteiger partial charge in [-0.1, -0.05) is 24.3 Å². The van der Waals surface area contributed by atoms with Crippen molar-refractivity contribution in [2.45, 2.75) is 19.3 Å². The molecular formula is C18H17NO3. The Morgan fingerprint density at radius 2 is 2.00 bits per heavy atom. The van der Waals surface area contributed by atoms with Gasteiger partial charge in [-0.3, -0.25) is 9.78 Å². The minimum Gasteiger partial charge on any atom is -0.462 e. The molecule has 2 aromatic rings. The largest absolute Gasteiger partial charge is 0.462 e. The molecular weight excluding hydrogens is 278 g/mol. The van der Waals surface area contributed by atoms with Crippen molar-refractivity contribution in [2.75, 3.05) is 6.61 Å². The number of carbonyl (C=O) groups is 2. The van der Waals surface area contributed by atoms with Crippen molar-refractivity contribution in [2.24, 2.45) is 5.92 Å². The predicted octanol–water partition coefficient (Wildman–Crippen LogP) is 3.07. The van der Waals surface area contributed by atoms with Gasteiger partial charge in [-0.2, -0.15) is 0 Å². The number of nitrogens with zero attached hydrogens (tertiary/aromatic N) is 1. The lowest BCUT2D eigenvalue weighted by atomic mass is 10.0. The molecule has 4 nitrogen and oxygen atoms in total. The number of ether oxygens (including phenoxy) is 1. The molecule has 1 aliphatic carbocycles. The lowest BCUT2D eigenvalue weighted by molar-refractivity contribution is 0.0422. The maximum absolute atomic E-state index is 12.2. The molecule has 0 saturated heterocycles. The zero-order chi connectivity index (χ0) is 15.4. The highest BCUT2D eigenvalue weighted by Crippen LogP contribution is 2.23. The third-order valence-corrected chi connectivity index (χ3v) is 3.91. The van der Waals surface area contributed by atoms with E-state index in [1.54, 1.807) is 30.5 Å². The summed E-state index contributed by atoms with van der Waals surface area (Å²) in [4.78, 5) is 28.4. The first-order valence-corrected chi connectivity index (χ1v) is 7.43. The Hall–Kier alpha value is -2.49. The van der Waals surface area contributed by atoms with Crippen molar-refractivity contribution in [3.8, 4) is 0 Å². The van der Waals surface area contributed by atoms with Gasteiger partial charge in [0.15, 0.2) is 5.78 Å². The van der Waals surface area contributed by atoms with Gasteiger partial charge in [-0.05, 0) is 36.6 Å². The topological polar surface area (TPSA) is 56.3 Å². The maximum atomic E-state index is 12.2. The van der Waals surface area contributed by atoms with Crippen LogP contribution in [-0.2, 0) is 11.2 Å². The Morgan fingerprint density at radius 1 is 1.18 bits per heavy atom. The fraction of sp³-hybridized carbons (Fsp3) is 0.278. The number of fused-ring (bicyclic) bond motifs is 1. The van der Waals surface area contributed by atoms with Gasteiger partial charge >= 0.3 is 5.97 Å². The minimum atomic E-state index is -0.340. The summed E-state index contributed by atoms with van der Waals surface area (Å²) in [5.74, 6) is -0.254. The minimum absolute atomic E-state index is 0.0360. The molecule has 0 spiro atoms. The molecule has 0 bridgehead atoms. The normalized spacial score (nSPS) is 17.5. The van der Waals surface area contributed by atoms with Gasteiger partial charge in [-0.25, -0.2) is 4.79 Å². The second kappa shape index (κ2) is 6.52. The van der Waals surface area contributed by atoms with Crippen LogP contribution in [0.2, 0.25) is 0 Å². The summed E-state index contributed by atoms with van der Waals surface area (Å²) < 4.78 is 5.36. The molecule has 0 radical (unpaired) electrons. The van der Waals surface area contributed by atoms with E-state index in [0.717, 1.165) is 18.4 Å². The molecule has 0 unspecified atom stereocenters. The molecule has 0 fully saturated rings. The van der Waals surface area contributed by atoms with E-state index in [9.17, 15) is 9.59 Å². The van der Waals surface area contributed by atoms with Gasteiger partial charge in [0.2, 0.25) is 0 Å². The van der Waals surface area contributed by atoms with Gasteiger partial charge in [-0.15, -0.1) is 0 Å². The van der Waals surface area contributed by atoms with Crippen molar-refractivity contribution in [1.29, 1.82) is 0 Å². The quantitative estimate of drug-likeness (QED) is 0.645. The fourth-order valence-electron chi connectivity index (χ4n) is 2.71. The monoisotopic (exact) mass is 295 g/mol. The second-order valence-corrected chi connectivity index (χ2v) is 5.51. The van der Waals surface area contributed by atoms with Gasteiger partial charge in [0.05, 0.1) is 12.2 Å². The van der Waals surface area contributed by atoms with Crippen LogP contribution in [0, 0.1) is 5.92 Å². The highest BCUT2D eigenvalue weighted by atomic mass is 16.5. The van der Waals surface area contributed by atoms with Crippen LogP contribution < -0.4 is 0 Å². The molecule has 22 heavy (non-hydrogen) atoms. The summed E-state index contributed by atoms with van der Waals surface area (Å²) in [6, 6.07) is 12.7. The van der Waals surface area contributed by atoms with Crippen LogP contribution in [0.1, 0.15) is 39.3 Å². The van der Waals surface area contributed by atoms with Crippen molar-refractivity contribution in [3.05, 3.63) is 65.5 Å². The number of aryl methyl sites for hydroxylation is 1. The summed E-state index contributed by atoms with van der Waals surface area (Å²) >= 11 is 0. The van der Waals surface area contributed by atoms with E-state index in [1.807, 2.05) is 18.2 Å². The summed E-state index contributed by atoms with van der Waals surface area (Å²) in [6.45, 7) is 0.271. The van der Waals surface area contributed by atoms with Crippen LogP contribution >= 0.6 is 0 Å². The Bertz CT molecular complexity index is 682. The maximum Gasteiger partial charge on any atom is 0.338 e. The summed E-state index contributed by atoms with van der Waals surface area (Å²) in [7, 11) is 0. The number of Topliss-reactive ketones (excluding diaryl/α,β-unsaturated/α-hetero) is 1. The number of hydrogen-bond donors (Lipinski definition) is 0. The Kier molecular flexibility index (Phi) is 4.28. The van der Waals surface area contributed by atoms with Crippen molar-refractivity contribution in [3.63, 3.8) is 0 Å². The Morgan fingerprint density at radius 3 is 2.82 bits per heavy atom. The van der Waals surface area contributed by atoms with Crippen LogP contribution in [-0.4, -0.2) is 23.3 Å². The number of carbonyl (C=O) groups excluding carboxylic acids is 2. The standard InChI is InChI=1S/C18H17NO3/c20-16-11-13(8-9-14-7-4-10-19-17(14)16)12-22-18(21)15-5-2-1-3-6-15/h1-7,10,13H,8-9,11-12H2/t13-/m1/s1. The lowest BCUT2D eigenvalue weighted by Gasteiger charge is -2.13. The van der Waals surface area contributed by atoms with Crippen LogP contribution in [0.15, 0.2) is 48.7 Å². The van der Waals surface area contributed by atoms with E-state index in [-0.39, 0.29) is 24.3 Å². The Balaban J connectivity index is 1.61. The van der Waals surface area contributed by atoms with Gasteiger partial charge < -0.3 is 4.74 Å².